The number of rotatable bonds is 5. The second-order valence-electron chi connectivity index (χ2n) is 6.03. The quantitative estimate of drug-likeness (QED) is 0.814. The fraction of sp³-hybridized carbons (Fsp3) is 1.00. The number of ether oxygens (including phenoxy) is 1. The molecule has 0 aromatic rings. The van der Waals surface area contributed by atoms with E-state index in [1.54, 1.807) is 0 Å². The first-order valence-electron chi connectivity index (χ1n) is 7.83. The number of hydrogen-bond donors (Lipinski definition) is 1. The van der Waals surface area contributed by atoms with Gasteiger partial charge in [-0.25, -0.2) is 0 Å². The second-order valence-corrected chi connectivity index (χ2v) is 6.03. The van der Waals surface area contributed by atoms with E-state index in [0.717, 1.165) is 19.7 Å². The van der Waals surface area contributed by atoms with Crippen molar-refractivity contribution < 1.29 is 4.74 Å². The molecule has 0 amide bonds. The van der Waals surface area contributed by atoms with Gasteiger partial charge in [-0.1, -0.05) is 26.7 Å². The fourth-order valence-corrected chi connectivity index (χ4v) is 3.34. The van der Waals surface area contributed by atoms with Crippen LogP contribution in [0.15, 0.2) is 0 Å². The predicted molar refractivity (Wildman–Crippen MR) is 75.9 cm³/mol. The van der Waals surface area contributed by atoms with Crippen molar-refractivity contribution >= 4 is 0 Å². The van der Waals surface area contributed by atoms with Crippen molar-refractivity contribution in [2.45, 2.75) is 52.1 Å². The lowest BCUT2D eigenvalue weighted by atomic mass is 9.74. The van der Waals surface area contributed by atoms with Gasteiger partial charge in [-0.05, 0) is 37.8 Å². The number of piperidine rings is 1. The second kappa shape index (κ2) is 6.88. The molecule has 1 N–H and O–H groups in total. The highest BCUT2D eigenvalue weighted by Gasteiger charge is 2.31. The number of likely N-dealkylation sites (tertiary alicyclic amines) is 1. The monoisotopic (exact) mass is 254 g/mol. The van der Waals surface area contributed by atoms with Crippen molar-refractivity contribution in [2.24, 2.45) is 5.41 Å². The predicted octanol–water partition coefficient (Wildman–Crippen LogP) is 2.27. The zero-order chi connectivity index (χ0) is 12.8. The minimum absolute atomic E-state index is 0.447. The summed E-state index contributed by atoms with van der Waals surface area (Å²) in [5.74, 6) is 0. The van der Waals surface area contributed by atoms with Crippen LogP contribution in [0.25, 0.3) is 0 Å². The van der Waals surface area contributed by atoms with E-state index in [1.807, 2.05) is 0 Å². The Balaban J connectivity index is 1.66. The average Bonchev–Trinajstić information content (AvgIpc) is 2.47. The number of morpholine rings is 1. The molecule has 2 rings (SSSR count). The van der Waals surface area contributed by atoms with Gasteiger partial charge in [-0.3, -0.25) is 0 Å². The van der Waals surface area contributed by atoms with Gasteiger partial charge in [0.1, 0.15) is 0 Å². The van der Waals surface area contributed by atoms with Crippen LogP contribution in [-0.4, -0.2) is 50.3 Å². The first kappa shape index (κ1) is 14.3. The Morgan fingerprint density at radius 1 is 1.22 bits per heavy atom. The Morgan fingerprint density at radius 3 is 2.50 bits per heavy atom. The van der Waals surface area contributed by atoms with Crippen molar-refractivity contribution in [3.8, 4) is 0 Å². The lowest BCUT2D eigenvalue weighted by molar-refractivity contribution is 0.0113. The van der Waals surface area contributed by atoms with E-state index in [-0.39, 0.29) is 0 Å². The fourth-order valence-electron chi connectivity index (χ4n) is 3.34. The maximum Gasteiger partial charge on any atom is 0.0712 e. The summed E-state index contributed by atoms with van der Waals surface area (Å²) < 4.78 is 5.76. The molecule has 106 valence electrons. The standard InChI is InChI=1S/C15H30N2O/c1-3-15(4-2)6-10-17(11-7-15)9-5-14-13-16-8-12-18-14/h14,16H,3-13H2,1-2H3. The van der Waals surface area contributed by atoms with Gasteiger partial charge in [0.15, 0.2) is 0 Å². The van der Waals surface area contributed by atoms with Gasteiger partial charge < -0.3 is 15.0 Å². The van der Waals surface area contributed by atoms with Gasteiger partial charge in [0.05, 0.1) is 12.7 Å². The van der Waals surface area contributed by atoms with Gasteiger partial charge in [0.2, 0.25) is 0 Å². The summed E-state index contributed by atoms with van der Waals surface area (Å²) >= 11 is 0. The molecule has 18 heavy (non-hydrogen) atoms. The van der Waals surface area contributed by atoms with Gasteiger partial charge in [-0.2, -0.15) is 0 Å². The van der Waals surface area contributed by atoms with Crippen molar-refractivity contribution in [1.82, 2.24) is 10.2 Å². The van der Waals surface area contributed by atoms with E-state index in [0.29, 0.717) is 11.5 Å². The number of hydrogen-bond acceptors (Lipinski definition) is 3. The number of nitrogens with one attached hydrogen (secondary N) is 1. The van der Waals surface area contributed by atoms with E-state index in [4.69, 9.17) is 4.74 Å². The molecular formula is C15H30N2O. The van der Waals surface area contributed by atoms with Gasteiger partial charge in [-0.15, -0.1) is 0 Å². The van der Waals surface area contributed by atoms with Crippen LogP contribution in [0.1, 0.15) is 46.0 Å². The van der Waals surface area contributed by atoms with Crippen molar-refractivity contribution in [3.05, 3.63) is 0 Å². The molecule has 3 nitrogen and oxygen atoms in total. The topological polar surface area (TPSA) is 24.5 Å². The third-order valence-electron chi connectivity index (χ3n) is 5.19. The van der Waals surface area contributed by atoms with E-state index in [9.17, 15) is 0 Å². The molecule has 1 unspecified atom stereocenters. The summed E-state index contributed by atoms with van der Waals surface area (Å²) in [6.45, 7) is 11.5. The Labute approximate surface area is 112 Å². The summed E-state index contributed by atoms with van der Waals surface area (Å²) in [7, 11) is 0. The molecule has 1 atom stereocenters. The first-order chi connectivity index (χ1) is 8.78. The van der Waals surface area contributed by atoms with Crippen LogP contribution >= 0.6 is 0 Å². The Kier molecular flexibility index (Phi) is 5.46. The zero-order valence-electron chi connectivity index (χ0n) is 12.2. The summed E-state index contributed by atoms with van der Waals surface area (Å²) in [6, 6.07) is 0. The molecule has 3 heteroatoms. The van der Waals surface area contributed by atoms with Crippen molar-refractivity contribution in [2.75, 3.05) is 39.3 Å². The minimum Gasteiger partial charge on any atom is -0.376 e. The summed E-state index contributed by atoms with van der Waals surface area (Å²) in [5.41, 5.74) is 0.652. The third kappa shape index (κ3) is 3.69. The molecule has 0 bridgehead atoms. The molecule has 2 fully saturated rings. The maximum atomic E-state index is 5.76. The van der Waals surface area contributed by atoms with Crippen LogP contribution in [0, 0.1) is 5.41 Å². The molecule has 0 radical (unpaired) electrons. The number of nitrogens with zero attached hydrogens (tertiary/aromatic N) is 1. The SMILES string of the molecule is CCC1(CC)CCN(CCC2CNCCO2)CC1. The molecule has 0 aromatic carbocycles. The van der Waals surface area contributed by atoms with Crippen LogP contribution in [0.4, 0.5) is 0 Å². The summed E-state index contributed by atoms with van der Waals surface area (Å²) in [5, 5.41) is 3.41. The smallest absolute Gasteiger partial charge is 0.0712 e. The lowest BCUT2D eigenvalue weighted by Gasteiger charge is -2.41. The van der Waals surface area contributed by atoms with Crippen LogP contribution in [0.5, 0.6) is 0 Å². The van der Waals surface area contributed by atoms with Crippen LogP contribution < -0.4 is 5.32 Å². The Hall–Kier alpha value is -0.120. The molecular weight excluding hydrogens is 224 g/mol. The van der Waals surface area contributed by atoms with Gasteiger partial charge >= 0.3 is 0 Å². The molecule has 2 saturated heterocycles. The van der Waals surface area contributed by atoms with Crippen molar-refractivity contribution in [1.29, 1.82) is 0 Å². The average molecular weight is 254 g/mol. The molecule has 2 aliphatic rings. The largest absolute Gasteiger partial charge is 0.376 e. The molecule has 2 aliphatic heterocycles. The van der Waals surface area contributed by atoms with Crippen LogP contribution in [0.3, 0.4) is 0 Å². The summed E-state index contributed by atoms with van der Waals surface area (Å²) in [4.78, 5) is 2.64. The van der Waals surface area contributed by atoms with Crippen LogP contribution in [-0.2, 0) is 4.74 Å². The van der Waals surface area contributed by atoms with E-state index in [1.165, 1.54) is 51.7 Å². The summed E-state index contributed by atoms with van der Waals surface area (Å²) in [6.07, 6.45) is 7.13. The lowest BCUT2D eigenvalue weighted by Crippen LogP contribution is -2.43. The van der Waals surface area contributed by atoms with E-state index >= 15 is 0 Å². The van der Waals surface area contributed by atoms with Crippen LogP contribution in [0.2, 0.25) is 0 Å². The molecule has 0 spiro atoms. The van der Waals surface area contributed by atoms with Crippen molar-refractivity contribution in [3.63, 3.8) is 0 Å². The van der Waals surface area contributed by atoms with Gasteiger partial charge in [0, 0.05) is 19.6 Å². The highest BCUT2D eigenvalue weighted by molar-refractivity contribution is 4.84. The minimum atomic E-state index is 0.447. The molecule has 2 heterocycles. The highest BCUT2D eigenvalue weighted by atomic mass is 16.5. The molecule has 0 aliphatic carbocycles. The molecule has 0 saturated carbocycles. The normalized spacial score (nSPS) is 29.3. The van der Waals surface area contributed by atoms with E-state index in [2.05, 4.69) is 24.1 Å². The van der Waals surface area contributed by atoms with E-state index < -0.39 is 0 Å². The Morgan fingerprint density at radius 2 is 1.94 bits per heavy atom. The first-order valence-corrected chi connectivity index (χ1v) is 7.83. The Bertz CT molecular complexity index is 225. The van der Waals surface area contributed by atoms with Gasteiger partial charge in [0.25, 0.3) is 0 Å². The maximum absolute atomic E-state index is 5.76. The zero-order valence-corrected chi connectivity index (χ0v) is 12.2. The third-order valence-corrected chi connectivity index (χ3v) is 5.19. The highest BCUT2D eigenvalue weighted by Crippen LogP contribution is 2.37. The molecule has 0 aromatic heterocycles.